The summed E-state index contributed by atoms with van der Waals surface area (Å²) in [5.41, 5.74) is 0. The maximum Gasteiger partial charge on any atom is 0.305 e. The SMILES string of the molecule is CCCCCCCCCCCCCCCCCC(=O)OC[Si]. The molecule has 0 amide bonds. The Balaban J connectivity index is 3.01. The summed E-state index contributed by atoms with van der Waals surface area (Å²) in [7, 11) is 3.14. The minimum atomic E-state index is -0.0790. The van der Waals surface area contributed by atoms with Gasteiger partial charge in [-0.05, 0) is 6.42 Å². The number of carbonyl (C=O) groups is 1. The molecule has 22 heavy (non-hydrogen) atoms. The predicted octanol–water partition coefficient (Wildman–Crippen LogP) is 5.92. The van der Waals surface area contributed by atoms with Crippen LogP contribution < -0.4 is 0 Å². The summed E-state index contributed by atoms with van der Waals surface area (Å²) < 4.78 is 4.84. The van der Waals surface area contributed by atoms with Gasteiger partial charge in [0.1, 0.15) is 0 Å². The van der Waals surface area contributed by atoms with Crippen LogP contribution >= 0.6 is 0 Å². The normalized spacial score (nSPS) is 10.8. The highest BCUT2D eigenvalue weighted by atomic mass is 28.1. The first-order valence-electron chi connectivity index (χ1n) is 9.61. The summed E-state index contributed by atoms with van der Waals surface area (Å²) >= 11 is 0. The third kappa shape index (κ3) is 17.7. The van der Waals surface area contributed by atoms with E-state index in [1.165, 1.54) is 83.5 Å². The Bertz CT molecular complexity index is 231. The molecule has 129 valence electrons. The molecule has 0 heterocycles. The summed E-state index contributed by atoms with van der Waals surface area (Å²) in [6, 6.07) is 0. The van der Waals surface area contributed by atoms with Crippen molar-refractivity contribution < 1.29 is 9.53 Å². The summed E-state index contributed by atoms with van der Waals surface area (Å²) in [5.74, 6) is -0.0790. The number of ether oxygens (including phenoxy) is 1. The standard InChI is InChI=1S/C19H37O2Si/c1-2-3-4-5-6-7-8-9-10-11-12-13-14-15-16-17-19(20)21-18-22/h2-18H2,1H3. The first-order valence-corrected chi connectivity index (χ1v) is 10.3. The van der Waals surface area contributed by atoms with Gasteiger partial charge in [-0.25, -0.2) is 0 Å². The average molecular weight is 326 g/mol. The van der Waals surface area contributed by atoms with Crippen molar-refractivity contribution in [1.29, 1.82) is 0 Å². The molecule has 0 N–H and O–H groups in total. The Morgan fingerprint density at radius 1 is 0.682 bits per heavy atom. The molecule has 3 radical (unpaired) electrons. The van der Waals surface area contributed by atoms with Crippen molar-refractivity contribution in [2.24, 2.45) is 0 Å². The van der Waals surface area contributed by atoms with Crippen molar-refractivity contribution in [3.63, 3.8) is 0 Å². The second kappa shape index (κ2) is 18.7. The van der Waals surface area contributed by atoms with E-state index in [1.54, 1.807) is 0 Å². The Kier molecular flexibility index (Phi) is 18.5. The molecule has 0 aliphatic rings. The van der Waals surface area contributed by atoms with E-state index in [-0.39, 0.29) is 5.97 Å². The van der Waals surface area contributed by atoms with E-state index in [9.17, 15) is 4.79 Å². The van der Waals surface area contributed by atoms with Crippen molar-refractivity contribution in [2.75, 3.05) is 6.23 Å². The molecular weight excluding hydrogens is 288 g/mol. The molecule has 0 unspecified atom stereocenters. The monoisotopic (exact) mass is 325 g/mol. The van der Waals surface area contributed by atoms with Gasteiger partial charge in [-0.15, -0.1) is 0 Å². The zero-order chi connectivity index (χ0) is 16.3. The first-order chi connectivity index (χ1) is 10.8. The van der Waals surface area contributed by atoms with E-state index in [0.29, 0.717) is 12.7 Å². The Morgan fingerprint density at radius 2 is 1.05 bits per heavy atom. The van der Waals surface area contributed by atoms with Crippen LogP contribution in [0.15, 0.2) is 0 Å². The molecule has 0 atom stereocenters. The van der Waals surface area contributed by atoms with Crippen molar-refractivity contribution in [3.8, 4) is 0 Å². The highest BCUT2D eigenvalue weighted by Crippen LogP contribution is 2.13. The van der Waals surface area contributed by atoms with Gasteiger partial charge in [-0.1, -0.05) is 96.8 Å². The van der Waals surface area contributed by atoms with E-state index >= 15 is 0 Å². The molecule has 0 aromatic carbocycles. The molecule has 0 aliphatic heterocycles. The lowest BCUT2D eigenvalue weighted by atomic mass is 10.0. The van der Waals surface area contributed by atoms with Crippen LogP contribution in [0.2, 0.25) is 0 Å². The molecular formula is C19H37O2Si. The number of esters is 1. The van der Waals surface area contributed by atoms with Crippen LogP contribution in [0.3, 0.4) is 0 Å². The molecule has 0 rings (SSSR count). The molecule has 0 aromatic heterocycles. The molecule has 0 fully saturated rings. The minimum Gasteiger partial charge on any atom is -0.470 e. The Labute approximate surface area is 142 Å². The van der Waals surface area contributed by atoms with Crippen LogP contribution in [0.1, 0.15) is 110 Å². The highest BCUT2D eigenvalue weighted by Gasteiger charge is 2.00. The molecule has 0 aliphatic carbocycles. The largest absolute Gasteiger partial charge is 0.470 e. The molecule has 2 nitrogen and oxygen atoms in total. The molecule has 0 spiro atoms. The Morgan fingerprint density at radius 3 is 1.41 bits per heavy atom. The van der Waals surface area contributed by atoms with Crippen LogP contribution in [-0.4, -0.2) is 22.4 Å². The third-order valence-corrected chi connectivity index (χ3v) is 4.36. The van der Waals surface area contributed by atoms with Crippen LogP contribution in [-0.2, 0) is 9.53 Å². The van der Waals surface area contributed by atoms with Crippen molar-refractivity contribution in [3.05, 3.63) is 0 Å². The predicted molar refractivity (Wildman–Crippen MR) is 96.3 cm³/mol. The fraction of sp³-hybridized carbons (Fsp3) is 0.947. The van der Waals surface area contributed by atoms with Crippen LogP contribution in [0.5, 0.6) is 0 Å². The lowest BCUT2D eigenvalue weighted by Gasteiger charge is -2.03. The van der Waals surface area contributed by atoms with Crippen LogP contribution in [0.25, 0.3) is 0 Å². The van der Waals surface area contributed by atoms with Gasteiger partial charge in [0.25, 0.3) is 0 Å². The summed E-state index contributed by atoms with van der Waals surface area (Å²) in [6.07, 6.45) is 21.1. The maximum atomic E-state index is 11.1. The third-order valence-electron chi connectivity index (χ3n) is 4.22. The smallest absolute Gasteiger partial charge is 0.305 e. The van der Waals surface area contributed by atoms with Crippen LogP contribution in [0.4, 0.5) is 0 Å². The average Bonchev–Trinajstić information content (AvgIpc) is 2.51. The summed E-state index contributed by atoms with van der Waals surface area (Å²) in [6.45, 7) is 2.28. The van der Waals surface area contributed by atoms with E-state index < -0.39 is 0 Å². The molecule has 0 saturated heterocycles. The van der Waals surface area contributed by atoms with Gasteiger partial charge < -0.3 is 4.74 Å². The number of hydrogen-bond donors (Lipinski definition) is 0. The fourth-order valence-electron chi connectivity index (χ4n) is 2.79. The summed E-state index contributed by atoms with van der Waals surface area (Å²) in [4.78, 5) is 11.1. The van der Waals surface area contributed by atoms with E-state index in [2.05, 4.69) is 17.2 Å². The molecule has 0 saturated carbocycles. The second-order valence-corrected chi connectivity index (χ2v) is 6.65. The van der Waals surface area contributed by atoms with E-state index in [0.717, 1.165) is 12.8 Å². The van der Waals surface area contributed by atoms with E-state index in [1.807, 2.05) is 0 Å². The zero-order valence-electron chi connectivity index (χ0n) is 14.8. The van der Waals surface area contributed by atoms with Crippen LogP contribution in [0, 0.1) is 0 Å². The van der Waals surface area contributed by atoms with Gasteiger partial charge in [0.15, 0.2) is 0 Å². The number of carbonyl (C=O) groups excluding carboxylic acids is 1. The number of rotatable bonds is 17. The lowest BCUT2D eigenvalue weighted by Crippen LogP contribution is -2.04. The second-order valence-electron chi connectivity index (χ2n) is 6.36. The quantitative estimate of drug-likeness (QED) is 0.188. The molecule has 3 heteroatoms. The van der Waals surface area contributed by atoms with Gasteiger partial charge in [-0.3, -0.25) is 4.79 Å². The molecule has 0 bridgehead atoms. The van der Waals surface area contributed by atoms with Gasteiger partial charge >= 0.3 is 5.97 Å². The first kappa shape index (κ1) is 21.7. The van der Waals surface area contributed by atoms with Crippen molar-refractivity contribution in [2.45, 2.75) is 110 Å². The molecule has 0 aromatic rings. The van der Waals surface area contributed by atoms with Gasteiger partial charge in [0.2, 0.25) is 0 Å². The fourth-order valence-corrected chi connectivity index (χ4v) is 2.95. The van der Waals surface area contributed by atoms with E-state index in [4.69, 9.17) is 4.74 Å². The van der Waals surface area contributed by atoms with Gasteiger partial charge in [0.05, 0.1) is 16.5 Å². The zero-order valence-corrected chi connectivity index (χ0v) is 15.8. The minimum absolute atomic E-state index is 0.0790. The summed E-state index contributed by atoms with van der Waals surface area (Å²) in [5, 5.41) is 0. The highest BCUT2D eigenvalue weighted by molar-refractivity contribution is 6.08. The lowest BCUT2D eigenvalue weighted by molar-refractivity contribution is -0.141. The van der Waals surface area contributed by atoms with Gasteiger partial charge in [-0.2, -0.15) is 0 Å². The maximum absolute atomic E-state index is 11.1. The Hall–Kier alpha value is -0.313. The van der Waals surface area contributed by atoms with Gasteiger partial charge in [0, 0.05) is 6.42 Å². The topological polar surface area (TPSA) is 26.3 Å². The number of hydrogen-bond acceptors (Lipinski definition) is 2. The number of unbranched alkanes of at least 4 members (excludes halogenated alkanes) is 14. The van der Waals surface area contributed by atoms with Crippen molar-refractivity contribution >= 4 is 16.2 Å². The van der Waals surface area contributed by atoms with Crippen molar-refractivity contribution in [1.82, 2.24) is 0 Å².